The van der Waals surface area contributed by atoms with Crippen LogP contribution in [0.4, 0.5) is 10.1 Å². The van der Waals surface area contributed by atoms with Crippen molar-refractivity contribution < 1.29 is 9.18 Å². The SMILES string of the molecule is CC[C@@H]1C(C(=O)NN2CCCCC2)=NN(c2ccc(Cl)cc2Cl)[C@@H]1c1ccc(F)cc1. The number of halogens is 3. The number of nitrogens with one attached hydrogen (secondary N) is 1. The van der Waals surface area contributed by atoms with Gasteiger partial charge in [0, 0.05) is 24.0 Å². The van der Waals surface area contributed by atoms with Gasteiger partial charge in [-0.05, 0) is 55.2 Å². The van der Waals surface area contributed by atoms with Crippen molar-refractivity contribution in [2.45, 2.75) is 38.6 Å². The molecule has 0 bridgehead atoms. The fourth-order valence-corrected chi connectivity index (χ4v) is 4.81. The molecular formula is C23H25Cl2FN4O. The lowest BCUT2D eigenvalue weighted by atomic mass is 9.87. The summed E-state index contributed by atoms with van der Waals surface area (Å²) in [5.74, 6) is -0.690. The summed E-state index contributed by atoms with van der Waals surface area (Å²) in [4.78, 5) is 13.2. The van der Waals surface area contributed by atoms with E-state index in [0.29, 0.717) is 27.9 Å². The topological polar surface area (TPSA) is 47.9 Å². The van der Waals surface area contributed by atoms with Crippen LogP contribution in [-0.4, -0.2) is 29.7 Å². The molecule has 1 fully saturated rings. The van der Waals surface area contributed by atoms with E-state index in [9.17, 15) is 9.18 Å². The van der Waals surface area contributed by atoms with E-state index in [-0.39, 0.29) is 23.7 Å². The summed E-state index contributed by atoms with van der Waals surface area (Å²) in [6.45, 7) is 3.70. The average Bonchev–Trinajstić information content (AvgIpc) is 3.14. The first kappa shape index (κ1) is 22.1. The monoisotopic (exact) mass is 462 g/mol. The van der Waals surface area contributed by atoms with Crippen LogP contribution in [0.5, 0.6) is 0 Å². The predicted molar refractivity (Wildman–Crippen MR) is 123 cm³/mol. The van der Waals surface area contributed by atoms with Gasteiger partial charge < -0.3 is 0 Å². The number of hydrogen-bond acceptors (Lipinski definition) is 4. The first-order valence-electron chi connectivity index (χ1n) is 10.6. The van der Waals surface area contributed by atoms with E-state index in [1.54, 1.807) is 35.3 Å². The van der Waals surface area contributed by atoms with Gasteiger partial charge >= 0.3 is 0 Å². The molecule has 2 heterocycles. The van der Waals surface area contributed by atoms with Gasteiger partial charge in [0.15, 0.2) is 0 Å². The number of rotatable bonds is 5. The average molecular weight is 463 g/mol. The van der Waals surface area contributed by atoms with Crippen molar-refractivity contribution in [2.24, 2.45) is 11.0 Å². The summed E-state index contributed by atoms with van der Waals surface area (Å²) in [6, 6.07) is 11.2. The molecule has 2 aromatic rings. The standard InChI is InChI=1S/C23H25Cl2FN4O/c1-2-18-21(23(31)28-29-12-4-3-5-13-29)27-30(20-11-8-16(24)14-19(20)25)22(18)15-6-9-17(26)10-7-15/h6-11,14,18,22H,2-5,12-13H2,1H3,(H,28,31)/t18-,22-/m1/s1. The van der Waals surface area contributed by atoms with E-state index < -0.39 is 0 Å². The van der Waals surface area contributed by atoms with E-state index in [4.69, 9.17) is 28.3 Å². The molecule has 0 unspecified atom stereocenters. The Morgan fingerprint density at radius 1 is 1.13 bits per heavy atom. The zero-order valence-electron chi connectivity index (χ0n) is 17.3. The normalized spacial score (nSPS) is 21.8. The van der Waals surface area contributed by atoms with Gasteiger partial charge in [-0.2, -0.15) is 5.10 Å². The number of hydrazine groups is 1. The summed E-state index contributed by atoms with van der Waals surface area (Å²) in [7, 11) is 0. The highest BCUT2D eigenvalue weighted by atomic mass is 35.5. The number of nitrogens with zero attached hydrogens (tertiary/aromatic N) is 3. The molecule has 0 aliphatic carbocycles. The van der Waals surface area contributed by atoms with Crippen molar-refractivity contribution in [3.63, 3.8) is 0 Å². The van der Waals surface area contributed by atoms with Gasteiger partial charge in [-0.25, -0.2) is 9.40 Å². The molecule has 2 aliphatic rings. The lowest BCUT2D eigenvalue weighted by Gasteiger charge is -2.29. The molecule has 164 valence electrons. The van der Waals surface area contributed by atoms with Crippen LogP contribution in [0.3, 0.4) is 0 Å². The Bertz CT molecular complexity index is 976. The third-order valence-electron chi connectivity index (χ3n) is 5.87. The molecule has 0 spiro atoms. The van der Waals surface area contributed by atoms with Gasteiger partial charge in [-0.3, -0.25) is 15.2 Å². The lowest BCUT2D eigenvalue weighted by molar-refractivity contribution is -0.120. The molecule has 0 saturated carbocycles. The van der Waals surface area contributed by atoms with E-state index >= 15 is 0 Å². The van der Waals surface area contributed by atoms with E-state index in [2.05, 4.69) is 5.43 Å². The van der Waals surface area contributed by atoms with Gasteiger partial charge in [-0.1, -0.05) is 48.7 Å². The molecule has 0 aromatic heterocycles. The second kappa shape index (κ2) is 9.55. The Labute approximate surface area is 191 Å². The summed E-state index contributed by atoms with van der Waals surface area (Å²) >= 11 is 12.6. The predicted octanol–water partition coefficient (Wildman–Crippen LogP) is 5.59. The van der Waals surface area contributed by atoms with Crippen LogP contribution in [0.1, 0.15) is 44.2 Å². The number of carbonyl (C=O) groups excluding carboxylic acids is 1. The van der Waals surface area contributed by atoms with Crippen molar-refractivity contribution in [3.8, 4) is 0 Å². The fourth-order valence-electron chi connectivity index (χ4n) is 4.31. The van der Waals surface area contributed by atoms with Crippen LogP contribution in [0.25, 0.3) is 0 Å². The molecule has 31 heavy (non-hydrogen) atoms. The minimum atomic E-state index is -0.310. The van der Waals surface area contributed by atoms with Crippen LogP contribution in [0.2, 0.25) is 10.0 Å². The maximum absolute atomic E-state index is 13.6. The Balaban J connectivity index is 1.71. The third kappa shape index (κ3) is 4.71. The van der Waals surface area contributed by atoms with Crippen LogP contribution in [0.15, 0.2) is 47.6 Å². The number of hydrazone groups is 1. The van der Waals surface area contributed by atoms with Gasteiger partial charge in [-0.15, -0.1) is 0 Å². The number of amides is 1. The van der Waals surface area contributed by atoms with Crippen molar-refractivity contribution >= 4 is 40.5 Å². The first-order valence-corrected chi connectivity index (χ1v) is 11.4. The minimum Gasteiger partial charge on any atom is -0.284 e. The van der Waals surface area contributed by atoms with E-state index in [1.165, 1.54) is 18.6 Å². The third-order valence-corrected chi connectivity index (χ3v) is 6.41. The molecule has 1 N–H and O–H groups in total. The smallest absolute Gasteiger partial charge is 0.282 e. The van der Waals surface area contributed by atoms with Crippen molar-refractivity contribution in [1.82, 2.24) is 10.4 Å². The largest absolute Gasteiger partial charge is 0.284 e. The number of anilines is 1. The Kier molecular flexibility index (Phi) is 6.80. The second-order valence-corrected chi connectivity index (χ2v) is 8.77. The van der Waals surface area contributed by atoms with Gasteiger partial charge in [0.1, 0.15) is 11.5 Å². The molecule has 5 nitrogen and oxygen atoms in total. The molecule has 1 saturated heterocycles. The van der Waals surface area contributed by atoms with E-state index in [0.717, 1.165) is 31.5 Å². The zero-order chi connectivity index (χ0) is 22.0. The minimum absolute atomic E-state index is 0.179. The summed E-state index contributed by atoms with van der Waals surface area (Å²) < 4.78 is 13.6. The van der Waals surface area contributed by atoms with Crippen LogP contribution in [0, 0.1) is 11.7 Å². The van der Waals surface area contributed by atoms with Crippen LogP contribution in [-0.2, 0) is 4.79 Å². The second-order valence-electron chi connectivity index (χ2n) is 7.93. The first-order chi connectivity index (χ1) is 15.0. The number of hydrogen-bond donors (Lipinski definition) is 1. The van der Waals surface area contributed by atoms with Gasteiger partial charge in [0.2, 0.25) is 0 Å². The quantitative estimate of drug-likeness (QED) is 0.629. The zero-order valence-corrected chi connectivity index (χ0v) is 18.8. The highest BCUT2D eigenvalue weighted by Gasteiger charge is 2.42. The highest BCUT2D eigenvalue weighted by molar-refractivity contribution is 6.41. The van der Waals surface area contributed by atoms with E-state index in [1.807, 2.05) is 11.9 Å². The Hall–Kier alpha value is -2.15. The summed E-state index contributed by atoms with van der Waals surface area (Å²) in [5, 5.41) is 9.43. The fraction of sp³-hybridized carbons (Fsp3) is 0.391. The molecule has 8 heteroatoms. The molecule has 2 atom stereocenters. The number of piperidine rings is 1. The lowest BCUT2D eigenvalue weighted by Crippen LogP contribution is -2.48. The molecule has 4 rings (SSSR count). The summed E-state index contributed by atoms with van der Waals surface area (Å²) in [5.41, 5.74) is 4.99. The van der Waals surface area contributed by atoms with Gasteiger partial charge in [0.05, 0.1) is 16.8 Å². The number of carbonyl (C=O) groups is 1. The molecule has 0 radical (unpaired) electrons. The maximum Gasteiger partial charge on any atom is 0.282 e. The molecular weight excluding hydrogens is 438 g/mol. The molecule has 2 aromatic carbocycles. The Morgan fingerprint density at radius 2 is 1.84 bits per heavy atom. The molecule has 1 amide bonds. The summed E-state index contributed by atoms with van der Waals surface area (Å²) in [6.07, 6.45) is 4.00. The Morgan fingerprint density at radius 3 is 2.48 bits per heavy atom. The van der Waals surface area contributed by atoms with Crippen molar-refractivity contribution in [2.75, 3.05) is 18.1 Å². The maximum atomic E-state index is 13.6. The van der Waals surface area contributed by atoms with Crippen LogP contribution < -0.4 is 10.4 Å². The molecule has 2 aliphatic heterocycles. The highest BCUT2D eigenvalue weighted by Crippen LogP contribution is 2.43. The van der Waals surface area contributed by atoms with Crippen molar-refractivity contribution in [1.29, 1.82) is 0 Å². The van der Waals surface area contributed by atoms with Crippen molar-refractivity contribution in [3.05, 3.63) is 63.9 Å². The van der Waals surface area contributed by atoms with Gasteiger partial charge in [0.25, 0.3) is 5.91 Å². The number of benzene rings is 2. The van der Waals surface area contributed by atoms with Crippen LogP contribution >= 0.6 is 23.2 Å².